The molecule has 1 aliphatic rings. The molecule has 1 saturated heterocycles. The molecule has 8 heteroatoms. The molecule has 1 fully saturated rings. The first-order valence-electron chi connectivity index (χ1n) is 9.14. The average molecular weight is 391 g/mol. The molecular formula is C19H25N3O4S. The van der Waals surface area contributed by atoms with Gasteiger partial charge >= 0.3 is 0 Å². The van der Waals surface area contributed by atoms with E-state index in [1.807, 2.05) is 24.3 Å². The van der Waals surface area contributed by atoms with E-state index in [0.29, 0.717) is 30.5 Å². The van der Waals surface area contributed by atoms with E-state index in [2.05, 4.69) is 24.0 Å². The van der Waals surface area contributed by atoms with Crippen LogP contribution in [0.15, 0.2) is 28.8 Å². The molecule has 146 valence electrons. The molecule has 0 aliphatic carbocycles. The lowest BCUT2D eigenvalue weighted by molar-refractivity contribution is -0.131. The number of carbonyl (C=O) groups excluding carboxylic acids is 1. The van der Waals surface area contributed by atoms with Gasteiger partial charge in [-0.2, -0.15) is 4.98 Å². The number of rotatable bonds is 6. The Morgan fingerprint density at radius 1 is 1.30 bits per heavy atom. The van der Waals surface area contributed by atoms with Gasteiger partial charge in [-0.1, -0.05) is 43.3 Å². The van der Waals surface area contributed by atoms with Crippen LogP contribution in [-0.4, -0.2) is 54.0 Å². The molecule has 1 aliphatic heterocycles. The Bertz CT molecular complexity index is 903. The summed E-state index contributed by atoms with van der Waals surface area (Å²) < 4.78 is 28.4. The van der Waals surface area contributed by atoms with E-state index in [-0.39, 0.29) is 29.9 Å². The van der Waals surface area contributed by atoms with Crippen LogP contribution in [0.2, 0.25) is 0 Å². The second-order valence-electron chi connectivity index (χ2n) is 7.35. The van der Waals surface area contributed by atoms with E-state index in [0.717, 1.165) is 5.56 Å². The molecule has 0 N–H and O–H groups in total. The van der Waals surface area contributed by atoms with Crippen LogP contribution in [0, 0.1) is 0 Å². The topological polar surface area (TPSA) is 93.4 Å². The van der Waals surface area contributed by atoms with Gasteiger partial charge in [0, 0.05) is 31.5 Å². The maximum Gasteiger partial charge on any atom is 0.227 e. The summed E-state index contributed by atoms with van der Waals surface area (Å²) in [5.41, 5.74) is 2.11. The zero-order valence-electron chi connectivity index (χ0n) is 15.9. The van der Waals surface area contributed by atoms with Crippen molar-refractivity contribution in [3.05, 3.63) is 35.7 Å². The molecule has 2 aromatic rings. The van der Waals surface area contributed by atoms with Gasteiger partial charge in [-0.25, -0.2) is 8.42 Å². The van der Waals surface area contributed by atoms with Crippen LogP contribution >= 0.6 is 0 Å². The molecule has 3 rings (SSSR count). The first-order chi connectivity index (χ1) is 12.7. The lowest BCUT2D eigenvalue weighted by Crippen LogP contribution is -2.37. The number of nitrogens with zero attached hydrogens (tertiary/aromatic N) is 3. The lowest BCUT2D eigenvalue weighted by atomic mass is 10.0. The van der Waals surface area contributed by atoms with Crippen LogP contribution in [-0.2, 0) is 21.1 Å². The summed E-state index contributed by atoms with van der Waals surface area (Å²) in [4.78, 5) is 18.2. The first kappa shape index (κ1) is 19.5. The number of aromatic nitrogens is 2. The number of hydrogen-bond acceptors (Lipinski definition) is 6. The summed E-state index contributed by atoms with van der Waals surface area (Å²) in [5, 5.41) is 3.99. The number of amides is 1. The van der Waals surface area contributed by atoms with E-state index in [9.17, 15) is 13.2 Å². The Hall–Kier alpha value is -2.22. The molecule has 0 bridgehead atoms. The van der Waals surface area contributed by atoms with Crippen molar-refractivity contribution in [1.29, 1.82) is 0 Å². The molecule has 1 unspecified atom stereocenters. The SMILES string of the molecule is CC(C)c1ccc(-c2noc(CCC(=O)N(C)C3CCS(=O)(=O)C3)n2)cc1. The lowest BCUT2D eigenvalue weighted by Gasteiger charge is -2.23. The Morgan fingerprint density at radius 2 is 2.00 bits per heavy atom. The number of hydrogen-bond donors (Lipinski definition) is 0. The molecule has 2 heterocycles. The molecule has 0 spiro atoms. The smallest absolute Gasteiger partial charge is 0.227 e. The van der Waals surface area contributed by atoms with Gasteiger partial charge in [0.25, 0.3) is 0 Å². The van der Waals surface area contributed by atoms with Crippen LogP contribution < -0.4 is 0 Å². The van der Waals surface area contributed by atoms with Gasteiger partial charge in [-0.3, -0.25) is 4.79 Å². The van der Waals surface area contributed by atoms with Gasteiger partial charge in [0.05, 0.1) is 11.5 Å². The Morgan fingerprint density at radius 3 is 2.59 bits per heavy atom. The summed E-state index contributed by atoms with van der Waals surface area (Å²) in [7, 11) is -1.36. The Kier molecular flexibility index (Phi) is 5.64. The minimum atomic E-state index is -3.01. The highest BCUT2D eigenvalue weighted by molar-refractivity contribution is 7.91. The second kappa shape index (κ2) is 7.80. The third kappa shape index (κ3) is 4.74. The fraction of sp³-hybridized carbons (Fsp3) is 0.526. The van der Waals surface area contributed by atoms with Gasteiger partial charge in [-0.15, -0.1) is 0 Å². The second-order valence-corrected chi connectivity index (χ2v) is 9.58. The zero-order valence-corrected chi connectivity index (χ0v) is 16.7. The minimum absolute atomic E-state index is 0.0479. The van der Waals surface area contributed by atoms with Gasteiger partial charge in [0.1, 0.15) is 0 Å². The van der Waals surface area contributed by atoms with E-state index < -0.39 is 9.84 Å². The molecule has 7 nitrogen and oxygen atoms in total. The zero-order chi connectivity index (χ0) is 19.6. The largest absolute Gasteiger partial charge is 0.342 e. The average Bonchev–Trinajstić information content (AvgIpc) is 3.25. The minimum Gasteiger partial charge on any atom is -0.342 e. The standard InChI is InChI=1S/C19H25N3O4S/c1-13(2)14-4-6-15(7-5-14)19-20-17(26-21-19)8-9-18(23)22(3)16-10-11-27(24,25)12-16/h4-7,13,16H,8-12H2,1-3H3. The Balaban J connectivity index is 1.57. The quantitative estimate of drug-likeness (QED) is 0.751. The van der Waals surface area contributed by atoms with Crippen molar-refractivity contribution in [3.8, 4) is 11.4 Å². The van der Waals surface area contributed by atoms with E-state index in [1.54, 1.807) is 7.05 Å². The fourth-order valence-electron chi connectivity index (χ4n) is 3.17. The molecular weight excluding hydrogens is 366 g/mol. The van der Waals surface area contributed by atoms with E-state index >= 15 is 0 Å². The van der Waals surface area contributed by atoms with Gasteiger partial charge in [0.15, 0.2) is 9.84 Å². The van der Waals surface area contributed by atoms with Crippen LogP contribution in [0.5, 0.6) is 0 Å². The van der Waals surface area contributed by atoms with Crippen molar-refractivity contribution in [1.82, 2.24) is 15.0 Å². The summed E-state index contributed by atoms with van der Waals surface area (Å²) in [6, 6.07) is 7.78. The summed E-state index contributed by atoms with van der Waals surface area (Å²) in [5.74, 6) is 1.45. The summed E-state index contributed by atoms with van der Waals surface area (Å²) in [6.45, 7) is 4.27. The molecule has 27 heavy (non-hydrogen) atoms. The van der Waals surface area contributed by atoms with Crippen LogP contribution in [0.1, 0.15) is 44.1 Å². The highest BCUT2D eigenvalue weighted by atomic mass is 32.2. The van der Waals surface area contributed by atoms with Crippen molar-refractivity contribution in [2.24, 2.45) is 0 Å². The number of benzene rings is 1. The van der Waals surface area contributed by atoms with Crippen molar-refractivity contribution >= 4 is 15.7 Å². The molecule has 0 saturated carbocycles. The normalized spacial score (nSPS) is 18.7. The van der Waals surface area contributed by atoms with Gasteiger partial charge in [0.2, 0.25) is 17.6 Å². The predicted molar refractivity (Wildman–Crippen MR) is 102 cm³/mol. The van der Waals surface area contributed by atoms with Crippen molar-refractivity contribution in [2.75, 3.05) is 18.6 Å². The summed E-state index contributed by atoms with van der Waals surface area (Å²) in [6.07, 6.45) is 1.04. The number of sulfone groups is 1. The van der Waals surface area contributed by atoms with E-state index in [4.69, 9.17) is 4.52 Å². The first-order valence-corrected chi connectivity index (χ1v) is 11.0. The molecule has 1 atom stereocenters. The molecule has 1 amide bonds. The molecule has 1 aromatic carbocycles. The molecule has 0 radical (unpaired) electrons. The van der Waals surface area contributed by atoms with Crippen LogP contribution in [0.25, 0.3) is 11.4 Å². The third-order valence-corrected chi connectivity index (χ3v) is 6.76. The molecule has 1 aromatic heterocycles. The fourth-order valence-corrected chi connectivity index (χ4v) is 4.94. The van der Waals surface area contributed by atoms with Crippen molar-refractivity contribution < 1.29 is 17.7 Å². The summed E-state index contributed by atoms with van der Waals surface area (Å²) >= 11 is 0. The highest BCUT2D eigenvalue weighted by Crippen LogP contribution is 2.21. The number of aryl methyl sites for hydroxylation is 1. The van der Waals surface area contributed by atoms with Crippen LogP contribution in [0.4, 0.5) is 0 Å². The van der Waals surface area contributed by atoms with E-state index in [1.165, 1.54) is 10.5 Å². The van der Waals surface area contributed by atoms with Crippen molar-refractivity contribution in [3.63, 3.8) is 0 Å². The van der Waals surface area contributed by atoms with Crippen LogP contribution in [0.3, 0.4) is 0 Å². The number of carbonyl (C=O) groups is 1. The van der Waals surface area contributed by atoms with Gasteiger partial charge in [-0.05, 0) is 17.9 Å². The Labute approximate surface area is 159 Å². The maximum atomic E-state index is 12.3. The highest BCUT2D eigenvalue weighted by Gasteiger charge is 2.32. The van der Waals surface area contributed by atoms with Gasteiger partial charge < -0.3 is 9.42 Å². The maximum absolute atomic E-state index is 12.3. The third-order valence-electron chi connectivity index (χ3n) is 5.01. The monoisotopic (exact) mass is 391 g/mol. The predicted octanol–water partition coefficient (Wildman–Crippen LogP) is 2.44. The van der Waals surface area contributed by atoms with Crippen molar-refractivity contribution in [2.45, 2.75) is 45.1 Å².